The van der Waals surface area contributed by atoms with Gasteiger partial charge < -0.3 is 19.7 Å². The minimum absolute atomic E-state index is 0.267. The van der Waals surface area contributed by atoms with Gasteiger partial charge in [-0.05, 0) is 26.0 Å². The lowest BCUT2D eigenvalue weighted by Crippen LogP contribution is -2.21. The van der Waals surface area contributed by atoms with Crippen molar-refractivity contribution in [2.45, 2.75) is 32.0 Å². The molecule has 0 aliphatic carbocycles. The molecule has 162 valence electrons. The number of carbonyl (C=O) groups excluding carboxylic acids is 1. The molecule has 7 nitrogen and oxygen atoms in total. The summed E-state index contributed by atoms with van der Waals surface area (Å²) in [5.41, 5.74) is 0.277. The van der Waals surface area contributed by atoms with E-state index in [4.69, 9.17) is 4.74 Å². The first kappa shape index (κ1) is 22.2. The van der Waals surface area contributed by atoms with Crippen LogP contribution < -0.4 is 5.32 Å². The van der Waals surface area contributed by atoms with Gasteiger partial charge in [0.1, 0.15) is 11.5 Å². The second kappa shape index (κ2) is 7.97. The number of aryl methyl sites for hydroxylation is 1. The van der Waals surface area contributed by atoms with Crippen LogP contribution in [0, 0.1) is 0 Å². The van der Waals surface area contributed by atoms with Crippen LogP contribution in [0.3, 0.4) is 0 Å². The predicted molar refractivity (Wildman–Crippen MR) is 107 cm³/mol. The van der Waals surface area contributed by atoms with E-state index in [9.17, 15) is 23.1 Å². The number of rotatable bonds is 6. The summed E-state index contributed by atoms with van der Waals surface area (Å²) in [6, 6.07) is 3.30. The summed E-state index contributed by atoms with van der Waals surface area (Å²) in [7, 11) is 3.40. The first-order valence-corrected chi connectivity index (χ1v) is 9.85. The van der Waals surface area contributed by atoms with Crippen molar-refractivity contribution in [1.29, 1.82) is 0 Å². The van der Waals surface area contributed by atoms with Gasteiger partial charge in [0, 0.05) is 37.2 Å². The maximum atomic E-state index is 12.8. The highest BCUT2D eigenvalue weighted by Gasteiger charge is 2.35. The molecular formula is C19H21F3N4O3S. The molecular weight excluding hydrogens is 421 g/mol. The molecule has 3 rings (SSSR count). The van der Waals surface area contributed by atoms with E-state index in [2.05, 4.69) is 15.3 Å². The lowest BCUT2D eigenvalue weighted by molar-refractivity contribution is -0.137. The van der Waals surface area contributed by atoms with E-state index in [0.29, 0.717) is 41.0 Å². The molecule has 0 saturated carbocycles. The zero-order chi connectivity index (χ0) is 22.3. The van der Waals surface area contributed by atoms with Gasteiger partial charge in [-0.3, -0.25) is 4.79 Å². The van der Waals surface area contributed by atoms with E-state index in [-0.39, 0.29) is 11.4 Å². The summed E-state index contributed by atoms with van der Waals surface area (Å²) in [6.45, 7) is 3.57. The van der Waals surface area contributed by atoms with E-state index in [0.717, 1.165) is 11.2 Å². The lowest BCUT2D eigenvalue weighted by atomic mass is 9.95. The number of benzene rings is 1. The fourth-order valence-electron chi connectivity index (χ4n) is 3.01. The van der Waals surface area contributed by atoms with Gasteiger partial charge in [-0.15, -0.1) is 11.3 Å². The second-order valence-electron chi connectivity index (χ2n) is 7.27. The van der Waals surface area contributed by atoms with Crippen molar-refractivity contribution >= 4 is 34.0 Å². The van der Waals surface area contributed by atoms with Crippen molar-refractivity contribution in [2.24, 2.45) is 7.05 Å². The quantitative estimate of drug-likeness (QED) is 0.608. The Morgan fingerprint density at radius 2 is 2.00 bits per heavy atom. The van der Waals surface area contributed by atoms with Crippen molar-refractivity contribution < 1.29 is 27.8 Å². The molecule has 0 unspecified atom stereocenters. The number of aliphatic hydroxyl groups is 1. The molecule has 1 aromatic carbocycles. The van der Waals surface area contributed by atoms with Crippen molar-refractivity contribution in [3.05, 3.63) is 39.6 Å². The Hall–Kier alpha value is -2.50. The summed E-state index contributed by atoms with van der Waals surface area (Å²) in [5.74, 6) is -0.0419. The largest absolute Gasteiger partial charge is 0.443 e. The fourth-order valence-corrected chi connectivity index (χ4v) is 3.68. The Kier molecular flexibility index (Phi) is 5.89. The number of nitrogens with one attached hydrogen (secondary N) is 1. The molecule has 0 bridgehead atoms. The molecule has 0 spiro atoms. The van der Waals surface area contributed by atoms with Crippen LogP contribution in [0.1, 0.15) is 40.7 Å². The highest BCUT2D eigenvalue weighted by molar-refractivity contribution is 7.10. The zero-order valence-electron chi connectivity index (χ0n) is 16.8. The molecule has 0 radical (unpaired) electrons. The molecule has 11 heteroatoms. The third-order valence-electron chi connectivity index (χ3n) is 4.53. The topological polar surface area (TPSA) is 89.3 Å². The maximum Gasteiger partial charge on any atom is 0.443 e. The molecule has 0 aliphatic rings. The second-order valence-corrected chi connectivity index (χ2v) is 8.12. The van der Waals surface area contributed by atoms with Gasteiger partial charge in [-0.1, -0.05) is 0 Å². The van der Waals surface area contributed by atoms with Crippen molar-refractivity contribution in [3.8, 4) is 0 Å². The first-order chi connectivity index (χ1) is 13.9. The summed E-state index contributed by atoms with van der Waals surface area (Å²) in [5, 5.41) is 13.1. The smallest absolute Gasteiger partial charge is 0.386 e. The van der Waals surface area contributed by atoms with Crippen LogP contribution in [-0.2, 0) is 30.0 Å². The van der Waals surface area contributed by atoms with E-state index >= 15 is 0 Å². The Balaban J connectivity index is 2.01. The Bertz CT molecular complexity index is 1080. The maximum absolute atomic E-state index is 12.8. The number of halogens is 3. The minimum atomic E-state index is -4.62. The van der Waals surface area contributed by atoms with E-state index < -0.39 is 22.7 Å². The van der Waals surface area contributed by atoms with E-state index in [1.54, 1.807) is 33.1 Å². The number of fused-ring (bicyclic) bond motifs is 1. The van der Waals surface area contributed by atoms with Crippen molar-refractivity contribution in [3.63, 3.8) is 0 Å². The number of imidazole rings is 1. The SMILES string of the molecule is COCCc1nc2cc(C(C)(C)O)c(NC(=O)c3csc(C(F)(F)F)n3)cc2n1C. The number of ether oxygens (including phenoxy) is 1. The normalized spacial score (nSPS) is 12.5. The van der Waals surface area contributed by atoms with Gasteiger partial charge in [0.05, 0.1) is 23.2 Å². The molecule has 30 heavy (non-hydrogen) atoms. The lowest BCUT2D eigenvalue weighted by Gasteiger charge is -2.22. The van der Waals surface area contributed by atoms with Crippen LogP contribution in [0.15, 0.2) is 17.5 Å². The highest BCUT2D eigenvalue weighted by Crippen LogP contribution is 2.34. The number of hydrogen-bond donors (Lipinski definition) is 2. The number of hydrogen-bond acceptors (Lipinski definition) is 6. The highest BCUT2D eigenvalue weighted by atomic mass is 32.1. The number of nitrogens with zero attached hydrogens (tertiary/aromatic N) is 3. The van der Waals surface area contributed by atoms with Gasteiger partial charge in [0.15, 0.2) is 5.01 Å². The average molecular weight is 442 g/mol. The van der Waals surface area contributed by atoms with Crippen LogP contribution in [-0.4, -0.2) is 39.3 Å². The number of methoxy groups -OCH3 is 1. The predicted octanol–water partition coefficient (Wildman–Crippen LogP) is 3.72. The number of thiazole rings is 1. The van der Waals surface area contributed by atoms with Gasteiger partial charge in [0.2, 0.25) is 0 Å². The van der Waals surface area contributed by atoms with Gasteiger partial charge in [0.25, 0.3) is 5.91 Å². The molecule has 1 amide bonds. The number of anilines is 1. The molecule has 2 heterocycles. The van der Waals surface area contributed by atoms with Gasteiger partial charge in [-0.25, -0.2) is 9.97 Å². The third-order valence-corrected chi connectivity index (χ3v) is 5.42. The average Bonchev–Trinajstić information content (AvgIpc) is 3.24. The Morgan fingerprint density at radius 1 is 1.30 bits per heavy atom. The summed E-state index contributed by atoms with van der Waals surface area (Å²) < 4.78 is 45.3. The van der Waals surface area contributed by atoms with E-state index in [1.165, 1.54) is 0 Å². The van der Waals surface area contributed by atoms with E-state index in [1.807, 2.05) is 11.6 Å². The van der Waals surface area contributed by atoms with Crippen LogP contribution >= 0.6 is 11.3 Å². The third kappa shape index (κ3) is 4.47. The van der Waals surface area contributed by atoms with Crippen LogP contribution in [0.2, 0.25) is 0 Å². The molecule has 3 aromatic rings. The molecule has 0 saturated heterocycles. The monoisotopic (exact) mass is 442 g/mol. The standard InChI is InChI=1S/C19H21F3N4O3S/c1-18(2,28)10-7-12-14(26(3)15(23-12)5-6-29-4)8-11(10)24-16(27)13-9-30-17(25-13)19(20,21)22/h7-9,28H,5-6H2,1-4H3,(H,24,27). The molecule has 2 aromatic heterocycles. The van der Waals surface area contributed by atoms with Crippen LogP contribution in [0.4, 0.5) is 18.9 Å². The summed E-state index contributed by atoms with van der Waals surface area (Å²) >= 11 is 0.349. The number of alkyl halides is 3. The summed E-state index contributed by atoms with van der Waals surface area (Å²) in [6.07, 6.45) is -4.05. The number of carbonyl (C=O) groups is 1. The van der Waals surface area contributed by atoms with Gasteiger partial charge >= 0.3 is 6.18 Å². The van der Waals surface area contributed by atoms with Gasteiger partial charge in [-0.2, -0.15) is 13.2 Å². The molecule has 0 atom stereocenters. The zero-order valence-corrected chi connectivity index (χ0v) is 17.6. The van der Waals surface area contributed by atoms with Crippen LogP contribution in [0.5, 0.6) is 0 Å². The summed E-state index contributed by atoms with van der Waals surface area (Å²) in [4.78, 5) is 20.5. The molecule has 0 fully saturated rings. The van der Waals surface area contributed by atoms with Crippen molar-refractivity contribution in [2.75, 3.05) is 19.0 Å². The Labute approximate surface area is 174 Å². The number of aromatic nitrogens is 3. The molecule has 2 N–H and O–H groups in total. The van der Waals surface area contributed by atoms with Crippen LogP contribution in [0.25, 0.3) is 11.0 Å². The first-order valence-electron chi connectivity index (χ1n) is 8.97. The van der Waals surface area contributed by atoms with Crippen molar-refractivity contribution in [1.82, 2.24) is 14.5 Å². The fraction of sp³-hybridized carbons (Fsp3) is 0.421. The number of amides is 1. The molecule has 0 aliphatic heterocycles. The Morgan fingerprint density at radius 3 is 2.57 bits per heavy atom. The minimum Gasteiger partial charge on any atom is -0.386 e.